The van der Waals surface area contributed by atoms with Crippen LogP contribution in [-0.4, -0.2) is 16.7 Å². The lowest BCUT2D eigenvalue weighted by molar-refractivity contribution is 0.253. The number of hydrogen-bond acceptors (Lipinski definition) is 5. The van der Waals surface area contributed by atoms with Crippen molar-refractivity contribution in [2.75, 3.05) is 10.2 Å². The monoisotopic (exact) mass is 382 g/mol. The van der Waals surface area contributed by atoms with Crippen molar-refractivity contribution >= 4 is 28.7 Å². The number of pyridine rings is 1. The minimum atomic E-state index is -0.227. The molecule has 3 aromatic rings. The average molecular weight is 382 g/mol. The van der Waals surface area contributed by atoms with Gasteiger partial charge in [0, 0.05) is 28.6 Å². The molecular weight excluding hydrogens is 360 g/mol. The summed E-state index contributed by atoms with van der Waals surface area (Å²) in [6.07, 6.45) is 6.56. The summed E-state index contributed by atoms with van der Waals surface area (Å²) in [5.41, 5.74) is 11.1. The number of nitrogens with one attached hydrogen (secondary N) is 3. The molecular formula is C23H22N6. The van der Waals surface area contributed by atoms with E-state index in [1.54, 1.807) is 17.3 Å². The van der Waals surface area contributed by atoms with Crippen molar-refractivity contribution in [3.8, 4) is 0 Å². The van der Waals surface area contributed by atoms with Gasteiger partial charge in [-0.15, -0.1) is 0 Å². The van der Waals surface area contributed by atoms with Gasteiger partial charge in [0.2, 0.25) is 0 Å². The van der Waals surface area contributed by atoms with Crippen molar-refractivity contribution in [1.29, 1.82) is 10.8 Å². The van der Waals surface area contributed by atoms with E-state index < -0.39 is 0 Å². The maximum Gasteiger partial charge on any atom is 0.140 e. The van der Waals surface area contributed by atoms with Gasteiger partial charge in [-0.2, -0.15) is 0 Å². The number of rotatable bonds is 2. The molecule has 6 heteroatoms. The highest BCUT2D eigenvalue weighted by atomic mass is 15.2. The summed E-state index contributed by atoms with van der Waals surface area (Å²) >= 11 is 0. The molecule has 2 aliphatic rings. The Balaban J connectivity index is 1.57. The van der Waals surface area contributed by atoms with E-state index >= 15 is 0 Å². The molecule has 2 aromatic carbocycles. The Hall–Kier alpha value is -3.51. The fourth-order valence-corrected chi connectivity index (χ4v) is 4.02. The molecule has 0 amide bonds. The van der Waals surface area contributed by atoms with Crippen LogP contribution >= 0.6 is 0 Å². The molecule has 1 saturated carbocycles. The number of nitrogens with two attached hydrogens (primary N) is 1. The lowest BCUT2D eigenvalue weighted by Gasteiger charge is -2.38. The molecule has 0 bridgehead atoms. The van der Waals surface area contributed by atoms with Crippen LogP contribution in [-0.2, 0) is 5.54 Å². The molecule has 1 fully saturated rings. The summed E-state index contributed by atoms with van der Waals surface area (Å²) in [7, 11) is 0. The van der Waals surface area contributed by atoms with E-state index in [1.807, 2.05) is 54.6 Å². The summed E-state index contributed by atoms with van der Waals surface area (Å²) in [4.78, 5) is 5.87. The first-order valence-electron chi connectivity index (χ1n) is 9.74. The third-order valence-electron chi connectivity index (χ3n) is 5.92. The van der Waals surface area contributed by atoms with Gasteiger partial charge in [0.05, 0.1) is 17.6 Å². The van der Waals surface area contributed by atoms with Crippen molar-refractivity contribution in [3.63, 3.8) is 0 Å². The maximum atomic E-state index is 8.91. The van der Waals surface area contributed by atoms with Crippen molar-refractivity contribution in [2.45, 2.75) is 24.8 Å². The molecule has 0 radical (unpaired) electrons. The molecule has 0 unspecified atom stereocenters. The van der Waals surface area contributed by atoms with Gasteiger partial charge >= 0.3 is 0 Å². The number of para-hydroxylation sites is 1. The van der Waals surface area contributed by atoms with Crippen LogP contribution in [0, 0.1) is 10.8 Å². The highest BCUT2D eigenvalue weighted by Gasteiger charge is 2.34. The summed E-state index contributed by atoms with van der Waals surface area (Å²) in [6.45, 7) is 0. The number of hydrogen-bond donors (Lipinski definition) is 4. The van der Waals surface area contributed by atoms with E-state index in [0.717, 1.165) is 47.3 Å². The molecule has 29 heavy (non-hydrogen) atoms. The van der Waals surface area contributed by atoms with E-state index in [-0.39, 0.29) is 17.2 Å². The second kappa shape index (κ2) is 6.53. The lowest BCUT2D eigenvalue weighted by Crippen LogP contribution is -2.43. The highest BCUT2D eigenvalue weighted by molar-refractivity contribution is 6.30. The largest absolute Gasteiger partial charge is 0.353 e. The lowest BCUT2D eigenvalue weighted by atomic mass is 9.73. The van der Waals surface area contributed by atoms with Gasteiger partial charge in [-0.1, -0.05) is 36.4 Å². The third-order valence-corrected chi connectivity index (χ3v) is 5.92. The van der Waals surface area contributed by atoms with Gasteiger partial charge in [-0.3, -0.25) is 20.7 Å². The molecule has 5 N–H and O–H groups in total. The second-order valence-corrected chi connectivity index (χ2v) is 7.68. The van der Waals surface area contributed by atoms with Gasteiger partial charge in [-0.05, 0) is 43.0 Å². The molecule has 1 aromatic heterocycles. The molecule has 1 aliphatic carbocycles. The summed E-state index contributed by atoms with van der Waals surface area (Å²) < 4.78 is 0. The van der Waals surface area contributed by atoms with Crippen LogP contribution in [0.2, 0.25) is 0 Å². The normalized spacial score (nSPS) is 16.7. The Morgan fingerprint density at radius 1 is 1.03 bits per heavy atom. The van der Waals surface area contributed by atoms with Crippen LogP contribution in [0.4, 0.5) is 17.1 Å². The molecule has 0 atom stereocenters. The fourth-order valence-electron chi connectivity index (χ4n) is 4.02. The van der Waals surface area contributed by atoms with Crippen molar-refractivity contribution in [2.24, 2.45) is 5.73 Å². The minimum Gasteiger partial charge on any atom is -0.353 e. The molecule has 144 valence electrons. The SMILES string of the molecule is N=C(c1ccc(C2(N)CCC2)cc1)N1C(=N)c2ccccc2Nc2ccncc21. The van der Waals surface area contributed by atoms with Crippen LogP contribution < -0.4 is 16.0 Å². The number of amidine groups is 2. The zero-order valence-corrected chi connectivity index (χ0v) is 15.9. The number of aromatic nitrogens is 1. The number of nitrogens with zero attached hydrogens (tertiary/aromatic N) is 2. The Labute approximate surface area is 169 Å². The quantitative estimate of drug-likeness (QED) is 0.391. The Morgan fingerprint density at radius 2 is 1.79 bits per heavy atom. The number of fused-ring (bicyclic) bond motifs is 2. The topological polar surface area (TPSA) is 102 Å². The Morgan fingerprint density at radius 3 is 2.52 bits per heavy atom. The van der Waals surface area contributed by atoms with Crippen LogP contribution in [0.5, 0.6) is 0 Å². The average Bonchev–Trinajstić information content (AvgIpc) is 2.85. The first-order chi connectivity index (χ1) is 14.1. The van der Waals surface area contributed by atoms with Crippen LogP contribution in [0.25, 0.3) is 0 Å². The van der Waals surface area contributed by atoms with E-state index in [0.29, 0.717) is 5.69 Å². The third kappa shape index (κ3) is 2.80. The molecule has 0 spiro atoms. The van der Waals surface area contributed by atoms with Crippen LogP contribution in [0.3, 0.4) is 0 Å². The first kappa shape index (κ1) is 17.6. The van der Waals surface area contributed by atoms with Crippen LogP contribution in [0.15, 0.2) is 67.0 Å². The standard InChI is InChI=1S/C23H22N6/c24-21(15-6-8-16(9-7-15)23(26)11-3-12-23)29-20-14-27-13-10-19(20)28-18-5-2-1-4-17(18)22(29)25/h1-2,4-10,13-14,24-25,28H,3,11-12,26H2. The molecule has 1 aliphatic heterocycles. The fraction of sp³-hybridized carbons (Fsp3) is 0.174. The van der Waals surface area contributed by atoms with E-state index in [4.69, 9.17) is 16.6 Å². The predicted octanol–water partition coefficient (Wildman–Crippen LogP) is 4.33. The van der Waals surface area contributed by atoms with E-state index in [1.165, 1.54) is 0 Å². The maximum absolute atomic E-state index is 8.91. The Kier molecular flexibility index (Phi) is 3.96. The Bertz CT molecular complexity index is 1110. The number of benzene rings is 2. The minimum absolute atomic E-state index is 0.227. The first-order valence-corrected chi connectivity index (χ1v) is 9.74. The summed E-state index contributed by atoms with van der Waals surface area (Å²) in [5.74, 6) is 0.470. The highest BCUT2D eigenvalue weighted by Crippen LogP contribution is 2.39. The summed E-state index contributed by atoms with van der Waals surface area (Å²) in [5, 5.41) is 21.1. The number of anilines is 3. The van der Waals surface area contributed by atoms with Crippen LogP contribution in [0.1, 0.15) is 36.0 Å². The van der Waals surface area contributed by atoms with Crippen molar-refractivity contribution < 1.29 is 0 Å². The van der Waals surface area contributed by atoms with E-state index in [2.05, 4.69) is 10.3 Å². The molecule has 5 rings (SSSR count). The van der Waals surface area contributed by atoms with Gasteiger partial charge in [0.15, 0.2) is 0 Å². The summed E-state index contributed by atoms with van der Waals surface area (Å²) in [6, 6.07) is 17.4. The second-order valence-electron chi connectivity index (χ2n) is 7.68. The van der Waals surface area contributed by atoms with Gasteiger partial charge in [0.1, 0.15) is 11.7 Å². The van der Waals surface area contributed by atoms with Gasteiger partial charge in [-0.25, -0.2) is 0 Å². The molecule has 0 saturated heterocycles. The zero-order chi connectivity index (χ0) is 20.0. The van der Waals surface area contributed by atoms with E-state index in [9.17, 15) is 0 Å². The van der Waals surface area contributed by atoms with Crippen molar-refractivity contribution in [3.05, 3.63) is 83.7 Å². The van der Waals surface area contributed by atoms with Gasteiger partial charge < -0.3 is 11.1 Å². The smallest absolute Gasteiger partial charge is 0.140 e. The predicted molar refractivity (Wildman–Crippen MR) is 116 cm³/mol. The van der Waals surface area contributed by atoms with Gasteiger partial charge in [0.25, 0.3) is 0 Å². The van der Waals surface area contributed by atoms with Crippen molar-refractivity contribution in [1.82, 2.24) is 4.98 Å². The molecule has 2 heterocycles. The molecule has 6 nitrogen and oxygen atoms in total. The zero-order valence-electron chi connectivity index (χ0n) is 15.9.